The van der Waals surface area contributed by atoms with Gasteiger partial charge in [-0.25, -0.2) is 0 Å². The lowest BCUT2D eigenvalue weighted by atomic mass is 9.64. The maximum Gasteiger partial charge on any atom is 0.227 e. The van der Waals surface area contributed by atoms with Gasteiger partial charge in [-0.15, -0.1) is 0 Å². The smallest absolute Gasteiger partial charge is 0.227 e. The van der Waals surface area contributed by atoms with Gasteiger partial charge in [-0.1, -0.05) is 30.3 Å². The van der Waals surface area contributed by atoms with Crippen LogP contribution in [0.2, 0.25) is 0 Å². The van der Waals surface area contributed by atoms with E-state index in [9.17, 15) is 4.79 Å². The summed E-state index contributed by atoms with van der Waals surface area (Å²) in [6.45, 7) is 1.83. The summed E-state index contributed by atoms with van der Waals surface area (Å²) < 4.78 is 0. The Balaban J connectivity index is 1.42. The Hall–Kier alpha value is -2.20. The highest BCUT2D eigenvalue weighted by Gasteiger charge is 2.48. The van der Waals surface area contributed by atoms with E-state index >= 15 is 0 Å². The first kappa shape index (κ1) is 19.1. The fraction of sp³-hybridized carbons (Fsp3) is 0.500. The Kier molecular flexibility index (Phi) is 5.24. The number of nitrogens with zero attached hydrogens (tertiary/aromatic N) is 3. The SMILES string of the molecule is CN(C)C1(c2ccccc2)CCC2(CCN(C(=O)Cc3ccncc3)C2)CC1. The summed E-state index contributed by atoms with van der Waals surface area (Å²) in [6.07, 6.45) is 9.88. The van der Waals surface area contributed by atoms with Gasteiger partial charge in [0.05, 0.1) is 6.42 Å². The number of hydrogen-bond donors (Lipinski definition) is 0. The minimum atomic E-state index is 0.126. The van der Waals surface area contributed by atoms with Gasteiger partial charge >= 0.3 is 0 Å². The summed E-state index contributed by atoms with van der Waals surface area (Å²) in [6, 6.07) is 14.8. The molecule has 2 aliphatic rings. The fourth-order valence-electron chi connectivity index (χ4n) is 5.28. The number of pyridine rings is 1. The molecule has 2 fully saturated rings. The molecule has 148 valence electrons. The summed E-state index contributed by atoms with van der Waals surface area (Å²) in [5.41, 5.74) is 2.92. The first-order valence-electron chi connectivity index (χ1n) is 10.4. The van der Waals surface area contributed by atoms with E-state index in [0.29, 0.717) is 11.8 Å². The molecule has 2 heterocycles. The molecule has 4 rings (SSSR count). The van der Waals surface area contributed by atoms with Crippen molar-refractivity contribution in [3.05, 3.63) is 66.0 Å². The zero-order chi connectivity index (χ0) is 19.6. The second kappa shape index (κ2) is 7.67. The molecule has 1 aromatic heterocycles. The van der Waals surface area contributed by atoms with Crippen LogP contribution in [0.3, 0.4) is 0 Å². The van der Waals surface area contributed by atoms with Crippen molar-refractivity contribution in [1.82, 2.24) is 14.8 Å². The van der Waals surface area contributed by atoms with Gasteiger partial charge in [0, 0.05) is 31.0 Å². The summed E-state index contributed by atoms with van der Waals surface area (Å²) in [5, 5.41) is 0. The third-order valence-electron chi connectivity index (χ3n) is 7.20. The number of likely N-dealkylation sites (tertiary alicyclic amines) is 1. The van der Waals surface area contributed by atoms with E-state index in [1.165, 1.54) is 18.4 Å². The monoisotopic (exact) mass is 377 g/mol. The Morgan fingerprint density at radius 2 is 1.68 bits per heavy atom. The number of carbonyl (C=O) groups is 1. The van der Waals surface area contributed by atoms with E-state index in [0.717, 1.165) is 37.9 Å². The third-order valence-corrected chi connectivity index (χ3v) is 7.20. The van der Waals surface area contributed by atoms with Crippen molar-refractivity contribution in [2.45, 2.75) is 44.1 Å². The number of hydrogen-bond acceptors (Lipinski definition) is 3. The lowest BCUT2D eigenvalue weighted by Crippen LogP contribution is -2.47. The Bertz CT molecular complexity index is 795. The van der Waals surface area contributed by atoms with Crippen LogP contribution in [-0.4, -0.2) is 47.9 Å². The van der Waals surface area contributed by atoms with E-state index in [1.54, 1.807) is 12.4 Å². The normalized spacial score (nSPS) is 27.5. The molecule has 1 aliphatic carbocycles. The van der Waals surface area contributed by atoms with E-state index in [-0.39, 0.29) is 11.4 Å². The number of amides is 1. The number of rotatable bonds is 4. The van der Waals surface area contributed by atoms with Crippen LogP contribution in [0, 0.1) is 5.41 Å². The molecule has 0 bridgehead atoms. The van der Waals surface area contributed by atoms with Crippen LogP contribution in [0.4, 0.5) is 0 Å². The average Bonchev–Trinajstić information content (AvgIpc) is 3.14. The van der Waals surface area contributed by atoms with Crippen molar-refractivity contribution < 1.29 is 4.79 Å². The van der Waals surface area contributed by atoms with Crippen LogP contribution in [0.25, 0.3) is 0 Å². The molecule has 0 radical (unpaired) electrons. The minimum Gasteiger partial charge on any atom is -0.342 e. The molecule has 1 aliphatic heterocycles. The van der Waals surface area contributed by atoms with E-state index < -0.39 is 0 Å². The van der Waals surface area contributed by atoms with E-state index in [4.69, 9.17) is 0 Å². The average molecular weight is 378 g/mol. The van der Waals surface area contributed by atoms with Gasteiger partial charge in [-0.05, 0) is 74.9 Å². The van der Waals surface area contributed by atoms with Crippen LogP contribution in [-0.2, 0) is 16.8 Å². The van der Waals surface area contributed by atoms with Crippen LogP contribution in [0.15, 0.2) is 54.9 Å². The van der Waals surface area contributed by atoms with Crippen LogP contribution >= 0.6 is 0 Å². The molecule has 1 aromatic carbocycles. The third kappa shape index (κ3) is 3.58. The summed E-state index contributed by atoms with van der Waals surface area (Å²) in [4.78, 5) is 21.4. The second-order valence-corrected chi connectivity index (χ2v) is 8.89. The summed E-state index contributed by atoms with van der Waals surface area (Å²) in [7, 11) is 4.42. The summed E-state index contributed by atoms with van der Waals surface area (Å²) in [5.74, 6) is 0.260. The predicted octanol–water partition coefficient (Wildman–Crippen LogP) is 3.87. The quantitative estimate of drug-likeness (QED) is 0.811. The lowest BCUT2D eigenvalue weighted by Gasteiger charge is -2.49. The molecular formula is C24H31N3O. The van der Waals surface area contributed by atoms with Gasteiger partial charge in [0.15, 0.2) is 0 Å². The molecule has 4 heteroatoms. The van der Waals surface area contributed by atoms with E-state index in [1.807, 2.05) is 12.1 Å². The van der Waals surface area contributed by atoms with Gasteiger partial charge in [-0.2, -0.15) is 0 Å². The van der Waals surface area contributed by atoms with Crippen LogP contribution < -0.4 is 0 Å². The van der Waals surface area contributed by atoms with Gasteiger partial charge < -0.3 is 4.90 Å². The highest BCUT2D eigenvalue weighted by Crippen LogP contribution is 2.51. The van der Waals surface area contributed by atoms with Crippen LogP contribution in [0.1, 0.15) is 43.2 Å². The zero-order valence-electron chi connectivity index (χ0n) is 17.1. The molecule has 2 aromatic rings. The fourth-order valence-corrected chi connectivity index (χ4v) is 5.28. The zero-order valence-corrected chi connectivity index (χ0v) is 17.1. The molecule has 0 N–H and O–H groups in total. The highest BCUT2D eigenvalue weighted by atomic mass is 16.2. The first-order chi connectivity index (χ1) is 13.5. The molecule has 28 heavy (non-hydrogen) atoms. The largest absolute Gasteiger partial charge is 0.342 e. The molecule has 1 spiro atoms. The van der Waals surface area contributed by atoms with E-state index in [2.05, 4.69) is 59.2 Å². The minimum absolute atomic E-state index is 0.126. The molecule has 1 saturated carbocycles. The Labute approximate surface area is 168 Å². The Morgan fingerprint density at radius 1 is 1.00 bits per heavy atom. The lowest BCUT2D eigenvalue weighted by molar-refractivity contribution is -0.130. The van der Waals surface area contributed by atoms with Gasteiger partial charge in [0.2, 0.25) is 5.91 Å². The molecule has 0 unspecified atom stereocenters. The van der Waals surface area contributed by atoms with Crippen molar-refractivity contribution >= 4 is 5.91 Å². The summed E-state index contributed by atoms with van der Waals surface area (Å²) >= 11 is 0. The van der Waals surface area contributed by atoms with Gasteiger partial charge in [0.1, 0.15) is 0 Å². The first-order valence-corrected chi connectivity index (χ1v) is 10.4. The molecular weight excluding hydrogens is 346 g/mol. The topological polar surface area (TPSA) is 36.4 Å². The van der Waals surface area contributed by atoms with Gasteiger partial charge in [-0.3, -0.25) is 14.7 Å². The highest BCUT2D eigenvalue weighted by molar-refractivity contribution is 5.79. The molecule has 1 amide bonds. The number of benzene rings is 1. The second-order valence-electron chi connectivity index (χ2n) is 8.89. The van der Waals surface area contributed by atoms with Gasteiger partial charge in [0.25, 0.3) is 0 Å². The molecule has 4 nitrogen and oxygen atoms in total. The number of carbonyl (C=O) groups excluding carboxylic acids is 1. The Morgan fingerprint density at radius 3 is 2.32 bits per heavy atom. The maximum atomic E-state index is 12.8. The maximum absolute atomic E-state index is 12.8. The number of aromatic nitrogens is 1. The molecule has 1 saturated heterocycles. The van der Waals surface area contributed by atoms with Crippen molar-refractivity contribution in [3.63, 3.8) is 0 Å². The van der Waals surface area contributed by atoms with Crippen molar-refractivity contribution in [3.8, 4) is 0 Å². The van der Waals surface area contributed by atoms with Crippen molar-refractivity contribution in [2.24, 2.45) is 5.41 Å². The standard InChI is InChI=1S/C24H31N3O/c1-26(2)24(21-6-4-3-5-7-21)12-10-23(11-13-24)14-17-27(19-23)22(28)18-20-8-15-25-16-9-20/h3-9,15-16H,10-14,17-19H2,1-2H3. The van der Waals surface area contributed by atoms with Crippen molar-refractivity contribution in [1.29, 1.82) is 0 Å². The van der Waals surface area contributed by atoms with Crippen molar-refractivity contribution in [2.75, 3.05) is 27.2 Å². The predicted molar refractivity (Wildman–Crippen MR) is 112 cm³/mol. The molecule has 0 atom stereocenters. The van der Waals surface area contributed by atoms with Crippen LogP contribution in [0.5, 0.6) is 0 Å².